The molecule has 4 heteroatoms. The summed E-state index contributed by atoms with van der Waals surface area (Å²) in [5.41, 5.74) is 9.42. The van der Waals surface area contributed by atoms with Gasteiger partial charge in [0, 0.05) is 32.2 Å². The van der Waals surface area contributed by atoms with Crippen molar-refractivity contribution in [3.63, 3.8) is 0 Å². The number of rotatable bonds is 3. The van der Waals surface area contributed by atoms with E-state index in [9.17, 15) is 0 Å². The lowest BCUT2D eigenvalue weighted by molar-refractivity contribution is 0.215. The first-order valence-electron chi connectivity index (χ1n) is 13.5. The third kappa shape index (κ3) is 3.24. The van der Waals surface area contributed by atoms with E-state index in [-0.39, 0.29) is 17.8 Å². The average Bonchev–Trinajstić information content (AvgIpc) is 3.56. The second-order valence-electron chi connectivity index (χ2n) is 10.9. The molecule has 1 aromatic heterocycles. The highest BCUT2D eigenvalue weighted by molar-refractivity contribution is 7.14. The third-order valence-electron chi connectivity index (χ3n) is 9.00. The van der Waals surface area contributed by atoms with Crippen molar-refractivity contribution in [1.82, 2.24) is 0 Å². The Morgan fingerprint density at radius 3 is 2.74 bits per heavy atom. The first-order valence-corrected chi connectivity index (χ1v) is 14.3. The molecular weight excluding hydrogens is 503 g/mol. The van der Waals surface area contributed by atoms with Crippen molar-refractivity contribution in [2.24, 2.45) is 0 Å². The summed E-state index contributed by atoms with van der Waals surface area (Å²) in [6.07, 6.45) is 20.1. The highest BCUT2D eigenvalue weighted by Gasteiger charge is 2.47. The van der Waals surface area contributed by atoms with Crippen LogP contribution in [0.3, 0.4) is 0 Å². The standard InChI is InChI=1S/C35H27FO2S/c1-37-23-14-12-22(13-15-23)35(28-10-4-5-11-29(28)36)17-16-30-27(20-35)32-31-24-8-3-2-7-21(24)19-26(31)33-25(34(32)39-30)9-6-18-38-33/h2-6,9-19,31,33H,7-8,20H2,1H3. The van der Waals surface area contributed by atoms with Gasteiger partial charge in [-0.3, -0.25) is 0 Å². The van der Waals surface area contributed by atoms with Crippen LogP contribution in [-0.4, -0.2) is 13.2 Å². The first-order chi connectivity index (χ1) is 19.2. The van der Waals surface area contributed by atoms with Gasteiger partial charge < -0.3 is 9.47 Å². The summed E-state index contributed by atoms with van der Waals surface area (Å²) in [5.74, 6) is 0.835. The predicted octanol–water partition coefficient (Wildman–Crippen LogP) is 8.43. The van der Waals surface area contributed by atoms with Crippen LogP contribution >= 0.6 is 11.3 Å². The molecule has 2 nitrogen and oxygen atoms in total. The molecule has 5 aliphatic rings. The van der Waals surface area contributed by atoms with Crippen LogP contribution in [0, 0.1) is 5.82 Å². The summed E-state index contributed by atoms with van der Waals surface area (Å²) in [7, 11) is 1.67. The van der Waals surface area contributed by atoms with E-state index >= 15 is 4.39 Å². The van der Waals surface area contributed by atoms with Crippen molar-refractivity contribution < 1.29 is 13.9 Å². The molecule has 0 saturated carbocycles. The molecule has 0 fully saturated rings. The Labute approximate surface area is 231 Å². The minimum atomic E-state index is -0.625. The topological polar surface area (TPSA) is 18.5 Å². The molecule has 3 atom stereocenters. The number of hydrogen-bond donors (Lipinski definition) is 0. The molecule has 0 saturated heterocycles. The maximum absolute atomic E-state index is 15.6. The average molecular weight is 531 g/mol. The molecule has 4 aliphatic carbocycles. The van der Waals surface area contributed by atoms with E-state index in [1.54, 1.807) is 19.2 Å². The summed E-state index contributed by atoms with van der Waals surface area (Å²) in [5, 5.41) is 0. The Morgan fingerprint density at radius 1 is 1.05 bits per heavy atom. The van der Waals surface area contributed by atoms with Gasteiger partial charge in [-0.2, -0.15) is 0 Å². The maximum atomic E-state index is 15.6. The number of allylic oxidation sites excluding steroid dienone is 8. The van der Waals surface area contributed by atoms with Gasteiger partial charge in [0.15, 0.2) is 0 Å². The van der Waals surface area contributed by atoms with Gasteiger partial charge >= 0.3 is 0 Å². The number of hydrogen-bond acceptors (Lipinski definition) is 3. The van der Waals surface area contributed by atoms with Gasteiger partial charge in [0.25, 0.3) is 0 Å². The van der Waals surface area contributed by atoms with Crippen LogP contribution in [0.4, 0.5) is 4.39 Å². The first kappa shape index (κ1) is 23.0. The van der Waals surface area contributed by atoms with Crippen molar-refractivity contribution >= 4 is 23.0 Å². The summed E-state index contributed by atoms with van der Waals surface area (Å²) < 4.78 is 27.4. The van der Waals surface area contributed by atoms with Crippen LogP contribution in [0.2, 0.25) is 0 Å². The normalized spacial score (nSPS) is 25.6. The van der Waals surface area contributed by atoms with E-state index < -0.39 is 5.41 Å². The fourth-order valence-electron chi connectivity index (χ4n) is 7.21. The van der Waals surface area contributed by atoms with Crippen molar-refractivity contribution in [3.05, 3.63) is 146 Å². The fraction of sp³-hybridized carbons (Fsp3) is 0.200. The Balaban J connectivity index is 1.36. The van der Waals surface area contributed by atoms with Gasteiger partial charge in [0.2, 0.25) is 0 Å². The van der Waals surface area contributed by atoms with Crippen LogP contribution in [0.25, 0.3) is 11.6 Å². The van der Waals surface area contributed by atoms with Gasteiger partial charge in [0.05, 0.1) is 13.4 Å². The second kappa shape index (κ2) is 8.56. The predicted molar refractivity (Wildman–Crippen MR) is 155 cm³/mol. The van der Waals surface area contributed by atoms with Gasteiger partial charge in [0.1, 0.15) is 17.7 Å². The van der Waals surface area contributed by atoms with Crippen molar-refractivity contribution in [2.45, 2.75) is 36.7 Å². The lowest BCUT2D eigenvalue weighted by Crippen LogP contribution is -2.33. The van der Waals surface area contributed by atoms with E-state index in [1.165, 1.54) is 43.2 Å². The smallest absolute Gasteiger partial charge is 0.147 e. The van der Waals surface area contributed by atoms with E-state index in [1.807, 2.05) is 47.9 Å². The zero-order chi connectivity index (χ0) is 26.1. The molecule has 0 radical (unpaired) electrons. The monoisotopic (exact) mass is 530 g/mol. The quantitative estimate of drug-likeness (QED) is 0.317. The third-order valence-corrected chi connectivity index (χ3v) is 10.3. The van der Waals surface area contributed by atoms with Crippen molar-refractivity contribution in [3.8, 4) is 5.75 Å². The summed E-state index contributed by atoms with van der Waals surface area (Å²) >= 11 is 1.86. The molecule has 0 N–H and O–H groups in total. The van der Waals surface area contributed by atoms with E-state index in [2.05, 4.69) is 48.6 Å². The Kier molecular flexibility index (Phi) is 5.05. The van der Waals surface area contributed by atoms with Crippen molar-refractivity contribution in [2.75, 3.05) is 7.11 Å². The van der Waals surface area contributed by atoms with Gasteiger partial charge in [-0.15, -0.1) is 11.3 Å². The van der Waals surface area contributed by atoms with E-state index in [0.29, 0.717) is 12.0 Å². The minimum Gasteiger partial charge on any atom is -0.497 e. The molecular formula is C35H27FO2S. The van der Waals surface area contributed by atoms with E-state index in [4.69, 9.17) is 9.47 Å². The van der Waals surface area contributed by atoms with Gasteiger partial charge in [-0.25, -0.2) is 4.39 Å². The van der Waals surface area contributed by atoms with Crippen LogP contribution in [0.15, 0.2) is 108 Å². The molecule has 1 aliphatic heterocycles. The van der Waals surface area contributed by atoms with E-state index in [0.717, 1.165) is 24.2 Å². The SMILES string of the molecule is COc1ccc(C2(c3ccccc3F)C=Cc3sc4c(c3C2)C2C(=CC3=C2CC=CC3)C2OC=CC=C42)cc1. The lowest BCUT2D eigenvalue weighted by Gasteiger charge is -2.38. The molecule has 0 spiro atoms. The Hall–Kier alpha value is -3.89. The zero-order valence-corrected chi connectivity index (χ0v) is 22.4. The number of benzene rings is 2. The molecule has 8 rings (SSSR count). The van der Waals surface area contributed by atoms with Crippen LogP contribution in [0.1, 0.15) is 50.8 Å². The maximum Gasteiger partial charge on any atom is 0.147 e. The van der Waals surface area contributed by atoms with Gasteiger partial charge in [-0.1, -0.05) is 66.3 Å². The number of ether oxygens (including phenoxy) is 2. The summed E-state index contributed by atoms with van der Waals surface area (Å²) in [4.78, 5) is 2.60. The largest absolute Gasteiger partial charge is 0.497 e. The van der Waals surface area contributed by atoms with Crippen LogP contribution in [-0.2, 0) is 16.6 Å². The molecule has 2 aromatic carbocycles. The lowest BCUT2D eigenvalue weighted by atomic mass is 9.65. The molecule has 3 unspecified atom stereocenters. The Bertz CT molecular complexity index is 1710. The highest BCUT2D eigenvalue weighted by atomic mass is 32.1. The number of thiophene rings is 1. The number of fused-ring (bicyclic) bond motifs is 9. The van der Waals surface area contributed by atoms with Crippen molar-refractivity contribution in [1.29, 1.82) is 0 Å². The minimum absolute atomic E-state index is 0.0416. The molecule has 192 valence electrons. The molecule has 3 aromatic rings. The zero-order valence-electron chi connectivity index (χ0n) is 21.6. The summed E-state index contributed by atoms with van der Waals surface area (Å²) in [6.45, 7) is 0. The second-order valence-corrected chi connectivity index (χ2v) is 11.9. The molecule has 0 bridgehead atoms. The molecule has 39 heavy (non-hydrogen) atoms. The summed E-state index contributed by atoms with van der Waals surface area (Å²) in [6, 6.07) is 15.4. The molecule has 2 heterocycles. The molecule has 0 amide bonds. The van der Waals surface area contributed by atoms with Crippen LogP contribution in [0.5, 0.6) is 5.75 Å². The van der Waals surface area contributed by atoms with Gasteiger partial charge in [-0.05, 0) is 77.5 Å². The number of methoxy groups -OCH3 is 1. The highest BCUT2D eigenvalue weighted by Crippen LogP contribution is 2.59. The fourth-order valence-corrected chi connectivity index (χ4v) is 8.52. The van der Waals surface area contributed by atoms with Crippen LogP contribution < -0.4 is 4.74 Å². The Morgan fingerprint density at radius 2 is 1.90 bits per heavy atom. The number of halogens is 1.